The Balaban J connectivity index is 2.02. The SMILES string of the molecule is O=C(O)CCc1ccc(Oc2ccc(F)c(F)c2)cc1. The predicted octanol–water partition coefficient (Wildman–Crippen LogP) is 3.77. The fourth-order valence-electron chi connectivity index (χ4n) is 1.65. The lowest BCUT2D eigenvalue weighted by molar-refractivity contribution is -0.136. The minimum absolute atomic E-state index is 0.0589. The smallest absolute Gasteiger partial charge is 0.303 e. The van der Waals surface area contributed by atoms with Crippen LogP contribution in [0.1, 0.15) is 12.0 Å². The van der Waals surface area contributed by atoms with E-state index in [2.05, 4.69) is 0 Å². The molecule has 0 heterocycles. The molecule has 0 saturated heterocycles. The molecule has 3 nitrogen and oxygen atoms in total. The maximum Gasteiger partial charge on any atom is 0.303 e. The zero-order valence-corrected chi connectivity index (χ0v) is 10.5. The van der Waals surface area contributed by atoms with Crippen molar-refractivity contribution in [3.05, 3.63) is 59.7 Å². The highest BCUT2D eigenvalue weighted by atomic mass is 19.2. The summed E-state index contributed by atoms with van der Waals surface area (Å²) in [6.07, 6.45) is 0.490. The van der Waals surface area contributed by atoms with Crippen LogP contribution in [0, 0.1) is 11.6 Å². The molecular weight excluding hydrogens is 266 g/mol. The summed E-state index contributed by atoms with van der Waals surface area (Å²) < 4.78 is 31.1. The molecule has 0 radical (unpaired) electrons. The standard InChI is InChI=1S/C15H12F2O3/c16-13-7-6-12(9-14(13)17)20-11-4-1-10(2-5-11)3-8-15(18)19/h1-2,4-7,9H,3,8H2,(H,18,19). The molecular formula is C15H12F2O3. The van der Waals surface area contributed by atoms with Crippen LogP contribution < -0.4 is 4.74 Å². The van der Waals surface area contributed by atoms with Crippen LogP contribution in [0.15, 0.2) is 42.5 Å². The first-order valence-electron chi connectivity index (χ1n) is 5.98. The minimum atomic E-state index is -0.972. The number of rotatable bonds is 5. The van der Waals surface area contributed by atoms with Gasteiger partial charge in [0.2, 0.25) is 0 Å². The van der Waals surface area contributed by atoms with Gasteiger partial charge in [0.15, 0.2) is 11.6 Å². The summed E-state index contributed by atoms with van der Waals surface area (Å²) >= 11 is 0. The van der Waals surface area contributed by atoms with Gasteiger partial charge in [-0.25, -0.2) is 8.78 Å². The van der Waals surface area contributed by atoms with Gasteiger partial charge in [0, 0.05) is 12.5 Å². The van der Waals surface area contributed by atoms with Gasteiger partial charge in [-0.15, -0.1) is 0 Å². The molecule has 2 rings (SSSR count). The Bertz CT molecular complexity index is 609. The van der Waals surface area contributed by atoms with Crippen LogP contribution in [0.3, 0.4) is 0 Å². The quantitative estimate of drug-likeness (QED) is 0.905. The summed E-state index contributed by atoms with van der Waals surface area (Å²) in [5.41, 5.74) is 0.866. The van der Waals surface area contributed by atoms with Crippen molar-refractivity contribution in [1.82, 2.24) is 0 Å². The molecule has 5 heteroatoms. The molecule has 0 aliphatic carbocycles. The van der Waals surface area contributed by atoms with Gasteiger partial charge >= 0.3 is 5.97 Å². The molecule has 0 aliphatic heterocycles. The number of carboxylic acids is 1. The Hall–Kier alpha value is -2.43. The molecule has 0 saturated carbocycles. The molecule has 20 heavy (non-hydrogen) atoms. The van der Waals surface area contributed by atoms with Crippen molar-refractivity contribution in [2.24, 2.45) is 0 Å². The number of ether oxygens (including phenoxy) is 1. The zero-order chi connectivity index (χ0) is 14.5. The van der Waals surface area contributed by atoms with E-state index in [9.17, 15) is 13.6 Å². The topological polar surface area (TPSA) is 46.5 Å². The lowest BCUT2D eigenvalue weighted by Crippen LogP contribution is -1.97. The summed E-state index contributed by atoms with van der Waals surface area (Å²) in [6, 6.07) is 10.1. The summed E-state index contributed by atoms with van der Waals surface area (Å²) in [5, 5.41) is 8.58. The number of aryl methyl sites for hydroxylation is 1. The van der Waals surface area contributed by atoms with Crippen molar-refractivity contribution in [2.45, 2.75) is 12.8 Å². The van der Waals surface area contributed by atoms with Crippen LogP contribution in [0.25, 0.3) is 0 Å². The molecule has 2 aromatic rings. The van der Waals surface area contributed by atoms with Crippen LogP contribution in [-0.2, 0) is 11.2 Å². The number of aliphatic carboxylic acids is 1. The van der Waals surface area contributed by atoms with Crippen molar-refractivity contribution in [3.8, 4) is 11.5 Å². The maximum atomic E-state index is 13.0. The average molecular weight is 278 g/mol. The van der Waals surface area contributed by atoms with Crippen LogP contribution >= 0.6 is 0 Å². The van der Waals surface area contributed by atoms with Gasteiger partial charge in [-0.1, -0.05) is 12.1 Å². The van der Waals surface area contributed by atoms with E-state index in [4.69, 9.17) is 9.84 Å². The third kappa shape index (κ3) is 3.78. The van der Waals surface area contributed by atoms with Gasteiger partial charge < -0.3 is 9.84 Å². The summed E-state index contributed by atoms with van der Waals surface area (Å²) in [6.45, 7) is 0. The van der Waals surface area contributed by atoms with Gasteiger partial charge in [-0.05, 0) is 36.2 Å². The maximum absolute atomic E-state index is 13.0. The van der Waals surface area contributed by atoms with Crippen LogP contribution in [-0.4, -0.2) is 11.1 Å². The molecule has 0 amide bonds. The average Bonchev–Trinajstić information content (AvgIpc) is 2.42. The van der Waals surface area contributed by atoms with E-state index >= 15 is 0 Å². The van der Waals surface area contributed by atoms with Crippen LogP contribution in [0.2, 0.25) is 0 Å². The molecule has 0 atom stereocenters. The van der Waals surface area contributed by atoms with Crippen molar-refractivity contribution in [3.63, 3.8) is 0 Å². The molecule has 104 valence electrons. The summed E-state index contributed by atoms with van der Waals surface area (Å²) in [5.74, 6) is -2.09. The third-order valence-electron chi connectivity index (χ3n) is 2.68. The second-order valence-electron chi connectivity index (χ2n) is 4.22. The van der Waals surface area contributed by atoms with E-state index in [1.807, 2.05) is 0 Å². The Morgan fingerprint density at radius 3 is 2.25 bits per heavy atom. The number of hydrogen-bond acceptors (Lipinski definition) is 2. The van der Waals surface area contributed by atoms with E-state index in [1.165, 1.54) is 6.07 Å². The van der Waals surface area contributed by atoms with Crippen LogP contribution in [0.5, 0.6) is 11.5 Å². The molecule has 2 aromatic carbocycles. The van der Waals surface area contributed by atoms with Gasteiger partial charge in [-0.3, -0.25) is 4.79 Å². The number of benzene rings is 2. The Morgan fingerprint density at radius 2 is 1.65 bits per heavy atom. The predicted molar refractivity (Wildman–Crippen MR) is 68.8 cm³/mol. The number of carboxylic acid groups (broad SMARTS) is 1. The Morgan fingerprint density at radius 1 is 1.00 bits per heavy atom. The Labute approximate surface area is 114 Å². The molecule has 0 bridgehead atoms. The first-order chi connectivity index (χ1) is 9.54. The number of hydrogen-bond donors (Lipinski definition) is 1. The molecule has 0 fully saturated rings. The second kappa shape index (κ2) is 6.14. The van der Waals surface area contributed by atoms with Crippen molar-refractivity contribution in [2.75, 3.05) is 0 Å². The second-order valence-corrected chi connectivity index (χ2v) is 4.22. The first-order valence-corrected chi connectivity index (χ1v) is 5.98. The third-order valence-corrected chi connectivity index (χ3v) is 2.68. The van der Waals surface area contributed by atoms with Gasteiger partial charge in [0.05, 0.1) is 0 Å². The van der Waals surface area contributed by atoms with E-state index in [0.29, 0.717) is 12.2 Å². The van der Waals surface area contributed by atoms with Crippen molar-refractivity contribution >= 4 is 5.97 Å². The fourth-order valence-corrected chi connectivity index (χ4v) is 1.65. The largest absolute Gasteiger partial charge is 0.481 e. The zero-order valence-electron chi connectivity index (χ0n) is 10.5. The normalized spacial score (nSPS) is 10.3. The van der Waals surface area contributed by atoms with Gasteiger partial charge in [0.25, 0.3) is 0 Å². The first kappa shape index (κ1) is 14.0. The highest BCUT2D eigenvalue weighted by molar-refractivity contribution is 5.67. The van der Waals surface area contributed by atoms with Crippen molar-refractivity contribution < 1.29 is 23.4 Å². The molecule has 1 N–H and O–H groups in total. The molecule has 0 unspecified atom stereocenters. The van der Waals surface area contributed by atoms with E-state index in [0.717, 1.165) is 17.7 Å². The van der Waals surface area contributed by atoms with E-state index in [1.54, 1.807) is 24.3 Å². The number of carbonyl (C=O) groups is 1. The van der Waals surface area contributed by atoms with Gasteiger partial charge in [0.1, 0.15) is 11.5 Å². The van der Waals surface area contributed by atoms with Crippen LogP contribution in [0.4, 0.5) is 8.78 Å². The van der Waals surface area contributed by atoms with E-state index in [-0.39, 0.29) is 12.2 Å². The highest BCUT2D eigenvalue weighted by Gasteiger charge is 2.05. The Kier molecular flexibility index (Phi) is 4.30. The summed E-state index contributed by atoms with van der Waals surface area (Å²) in [7, 11) is 0. The summed E-state index contributed by atoms with van der Waals surface area (Å²) in [4.78, 5) is 10.4. The minimum Gasteiger partial charge on any atom is -0.481 e. The fraction of sp³-hybridized carbons (Fsp3) is 0.133. The molecule has 0 aliphatic rings. The van der Waals surface area contributed by atoms with Gasteiger partial charge in [-0.2, -0.15) is 0 Å². The number of halogens is 2. The highest BCUT2D eigenvalue weighted by Crippen LogP contribution is 2.23. The molecule has 0 spiro atoms. The van der Waals surface area contributed by atoms with Crippen molar-refractivity contribution in [1.29, 1.82) is 0 Å². The van der Waals surface area contributed by atoms with E-state index < -0.39 is 17.6 Å². The molecule has 0 aromatic heterocycles. The lowest BCUT2D eigenvalue weighted by atomic mass is 10.1. The lowest BCUT2D eigenvalue weighted by Gasteiger charge is -2.07. The monoisotopic (exact) mass is 278 g/mol.